The molecule has 132 valence electrons. The van der Waals surface area contributed by atoms with Crippen LogP contribution in [0.25, 0.3) is 0 Å². The Morgan fingerprint density at radius 2 is 1.64 bits per heavy atom. The maximum absolute atomic E-state index is 13.3. The average Bonchev–Trinajstić information content (AvgIpc) is 2.61. The van der Waals surface area contributed by atoms with Crippen molar-refractivity contribution in [3.63, 3.8) is 0 Å². The highest BCUT2D eigenvalue weighted by atomic mass is 79.9. The Balaban J connectivity index is 1.69. The summed E-state index contributed by atoms with van der Waals surface area (Å²) in [6.45, 7) is 0.953. The molecule has 0 N–H and O–H groups in total. The van der Waals surface area contributed by atoms with Gasteiger partial charge in [-0.1, -0.05) is 22.0 Å². The smallest absolute Gasteiger partial charge is 0.254 e. The summed E-state index contributed by atoms with van der Waals surface area (Å²) in [6, 6.07) is 11.9. The number of amides is 1. The first-order chi connectivity index (χ1) is 11.9. The molecule has 0 bridgehead atoms. The van der Waals surface area contributed by atoms with Gasteiger partial charge >= 0.3 is 0 Å². The SMILES string of the molecule is O=C(c1cccc(F)c1)N1CCN(S(=O)(=O)c2ccc(Br)cc2)CC1. The molecule has 0 spiro atoms. The molecule has 1 fully saturated rings. The minimum absolute atomic E-state index is 0.208. The summed E-state index contributed by atoms with van der Waals surface area (Å²) in [5.74, 6) is -0.762. The fourth-order valence-electron chi connectivity index (χ4n) is 2.69. The highest BCUT2D eigenvalue weighted by Gasteiger charge is 2.30. The number of sulfonamides is 1. The van der Waals surface area contributed by atoms with E-state index >= 15 is 0 Å². The maximum Gasteiger partial charge on any atom is 0.254 e. The van der Waals surface area contributed by atoms with E-state index in [1.165, 1.54) is 22.5 Å². The van der Waals surface area contributed by atoms with E-state index in [1.54, 1.807) is 35.2 Å². The van der Waals surface area contributed by atoms with Gasteiger partial charge in [-0.05, 0) is 42.5 Å². The van der Waals surface area contributed by atoms with Crippen molar-refractivity contribution in [3.05, 3.63) is 64.4 Å². The lowest BCUT2D eigenvalue weighted by Crippen LogP contribution is -2.50. The molecule has 0 aliphatic carbocycles. The minimum atomic E-state index is -3.58. The molecule has 2 aromatic rings. The summed E-state index contributed by atoms with van der Waals surface area (Å²) in [6.07, 6.45) is 0. The molecule has 0 saturated carbocycles. The van der Waals surface area contributed by atoms with Crippen molar-refractivity contribution in [2.45, 2.75) is 4.90 Å². The molecule has 1 aliphatic heterocycles. The zero-order valence-corrected chi connectivity index (χ0v) is 15.6. The molecule has 3 rings (SSSR count). The Morgan fingerprint density at radius 3 is 2.24 bits per heavy atom. The van der Waals surface area contributed by atoms with Gasteiger partial charge in [0.2, 0.25) is 10.0 Å². The van der Waals surface area contributed by atoms with E-state index in [0.29, 0.717) is 0 Å². The number of rotatable bonds is 3. The predicted molar refractivity (Wildman–Crippen MR) is 95.2 cm³/mol. The van der Waals surface area contributed by atoms with Crippen molar-refractivity contribution in [1.29, 1.82) is 0 Å². The molecule has 25 heavy (non-hydrogen) atoms. The van der Waals surface area contributed by atoms with E-state index in [-0.39, 0.29) is 42.5 Å². The second-order valence-electron chi connectivity index (χ2n) is 5.66. The van der Waals surface area contributed by atoms with E-state index in [1.807, 2.05) is 0 Å². The molecule has 0 atom stereocenters. The van der Waals surface area contributed by atoms with Crippen molar-refractivity contribution in [2.24, 2.45) is 0 Å². The monoisotopic (exact) mass is 426 g/mol. The van der Waals surface area contributed by atoms with Gasteiger partial charge in [-0.3, -0.25) is 4.79 Å². The molecule has 1 saturated heterocycles. The lowest BCUT2D eigenvalue weighted by Gasteiger charge is -2.34. The van der Waals surface area contributed by atoms with Crippen LogP contribution in [0, 0.1) is 5.82 Å². The first kappa shape index (κ1) is 18.0. The van der Waals surface area contributed by atoms with Crippen molar-refractivity contribution in [3.8, 4) is 0 Å². The lowest BCUT2D eigenvalue weighted by molar-refractivity contribution is 0.0697. The first-order valence-electron chi connectivity index (χ1n) is 7.68. The van der Waals surface area contributed by atoms with E-state index in [9.17, 15) is 17.6 Å². The van der Waals surface area contributed by atoms with Crippen LogP contribution < -0.4 is 0 Å². The Morgan fingerprint density at radius 1 is 1.00 bits per heavy atom. The molecular weight excluding hydrogens is 411 g/mol. The topological polar surface area (TPSA) is 57.7 Å². The second kappa shape index (κ2) is 7.23. The van der Waals surface area contributed by atoms with Crippen molar-refractivity contribution < 1.29 is 17.6 Å². The van der Waals surface area contributed by atoms with Gasteiger partial charge in [0.1, 0.15) is 5.82 Å². The van der Waals surface area contributed by atoms with Crippen LogP contribution in [0.5, 0.6) is 0 Å². The Hall–Kier alpha value is -1.77. The number of halogens is 2. The first-order valence-corrected chi connectivity index (χ1v) is 9.92. The third-order valence-corrected chi connectivity index (χ3v) is 6.49. The number of piperazine rings is 1. The van der Waals surface area contributed by atoms with Gasteiger partial charge in [-0.2, -0.15) is 4.31 Å². The van der Waals surface area contributed by atoms with Crippen molar-refractivity contribution in [1.82, 2.24) is 9.21 Å². The summed E-state index contributed by atoms with van der Waals surface area (Å²) in [4.78, 5) is 14.2. The van der Waals surface area contributed by atoms with Crippen LogP contribution in [0.4, 0.5) is 4.39 Å². The molecular formula is C17H16BrFN2O3S. The van der Waals surface area contributed by atoms with E-state index in [2.05, 4.69) is 15.9 Å². The molecule has 0 aromatic heterocycles. The Labute approximate surface area is 154 Å². The van der Waals surface area contributed by atoms with Gasteiger partial charge in [-0.15, -0.1) is 0 Å². The standard InChI is InChI=1S/C17H16BrFN2O3S/c18-14-4-6-16(7-5-14)25(23,24)21-10-8-20(9-11-21)17(22)13-2-1-3-15(19)12-13/h1-7,12H,8-11H2. The van der Waals surface area contributed by atoms with Crippen LogP contribution in [-0.2, 0) is 10.0 Å². The molecule has 0 radical (unpaired) electrons. The highest BCUT2D eigenvalue weighted by Crippen LogP contribution is 2.20. The average molecular weight is 427 g/mol. The summed E-state index contributed by atoms with van der Waals surface area (Å²) in [5.41, 5.74) is 0.268. The van der Waals surface area contributed by atoms with Gasteiger partial charge in [0.15, 0.2) is 0 Å². The fraction of sp³-hybridized carbons (Fsp3) is 0.235. The highest BCUT2D eigenvalue weighted by molar-refractivity contribution is 9.10. The number of nitrogens with zero attached hydrogens (tertiary/aromatic N) is 2. The van der Waals surface area contributed by atoms with E-state index < -0.39 is 15.8 Å². The second-order valence-corrected chi connectivity index (χ2v) is 8.51. The van der Waals surface area contributed by atoms with Gasteiger partial charge in [0, 0.05) is 36.2 Å². The van der Waals surface area contributed by atoms with Crippen LogP contribution in [0.3, 0.4) is 0 Å². The largest absolute Gasteiger partial charge is 0.336 e. The summed E-state index contributed by atoms with van der Waals surface area (Å²) < 4.78 is 40.7. The van der Waals surface area contributed by atoms with Gasteiger partial charge in [-0.25, -0.2) is 12.8 Å². The van der Waals surface area contributed by atoms with Crippen molar-refractivity contribution >= 4 is 31.9 Å². The molecule has 1 heterocycles. The number of carbonyl (C=O) groups is 1. The van der Waals surface area contributed by atoms with Gasteiger partial charge < -0.3 is 4.90 Å². The van der Waals surface area contributed by atoms with Crippen LogP contribution >= 0.6 is 15.9 Å². The number of hydrogen-bond acceptors (Lipinski definition) is 3. The molecule has 8 heteroatoms. The molecule has 0 unspecified atom stereocenters. The molecule has 1 aliphatic rings. The molecule has 5 nitrogen and oxygen atoms in total. The normalized spacial score (nSPS) is 16.0. The zero-order chi connectivity index (χ0) is 18.0. The van der Waals surface area contributed by atoms with Crippen LogP contribution in [0.15, 0.2) is 57.9 Å². The van der Waals surface area contributed by atoms with Gasteiger partial charge in [0.25, 0.3) is 5.91 Å². The van der Waals surface area contributed by atoms with Gasteiger partial charge in [0.05, 0.1) is 4.90 Å². The third kappa shape index (κ3) is 3.91. The lowest BCUT2D eigenvalue weighted by atomic mass is 10.2. The van der Waals surface area contributed by atoms with Crippen LogP contribution in [0.2, 0.25) is 0 Å². The third-order valence-electron chi connectivity index (χ3n) is 4.05. The summed E-state index contributed by atoms with van der Waals surface area (Å²) >= 11 is 3.28. The Bertz CT molecular complexity index is 879. The number of carbonyl (C=O) groups excluding carboxylic acids is 1. The molecule has 1 amide bonds. The fourth-order valence-corrected chi connectivity index (χ4v) is 4.38. The molecule has 2 aromatic carbocycles. The minimum Gasteiger partial charge on any atom is -0.336 e. The van der Waals surface area contributed by atoms with E-state index in [0.717, 1.165) is 4.47 Å². The number of benzene rings is 2. The maximum atomic E-state index is 13.3. The predicted octanol–water partition coefficient (Wildman–Crippen LogP) is 2.73. The zero-order valence-electron chi connectivity index (χ0n) is 13.2. The van der Waals surface area contributed by atoms with Crippen LogP contribution in [-0.4, -0.2) is 49.7 Å². The number of hydrogen-bond donors (Lipinski definition) is 0. The van der Waals surface area contributed by atoms with Crippen molar-refractivity contribution in [2.75, 3.05) is 26.2 Å². The summed E-state index contributed by atoms with van der Waals surface area (Å²) in [5, 5.41) is 0. The van der Waals surface area contributed by atoms with Crippen LogP contribution in [0.1, 0.15) is 10.4 Å². The quantitative estimate of drug-likeness (QED) is 0.757. The summed E-state index contributed by atoms with van der Waals surface area (Å²) in [7, 11) is -3.58. The van der Waals surface area contributed by atoms with E-state index in [4.69, 9.17) is 0 Å². The Kier molecular flexibility index (Phi) is 5.21.